The zero-order valence-corrected chi connectivity index (χ0v) is 19.4. The summed E-state index contributed by atoms with van der Waals surface area (Å²) in [6.45, 7) is 7.95. The summed E-state index contributed by atoms with van der Waals surface area (Å²) < 4.78 is 1.63. The van der Waals surface area contributed by atoms with E-state index in [1.165, 1.54) is 23.1 Å². The number of primary amides is 1. The Morgan fingerprint density at radius 2 is 1.74 bits per heavy atom. The number of hydrogen-bond acceptors (Lipinski definition) is 5. The molecule has 2 aromatic heterocycles. The highest BCUT2D eigenvalue weighted by atomic mass is 32.2. The van der Waals surface area contributed by atoms with Crippen LogP contribution in [0.2, 0.25) is 0 Å². The van der Waals surface area contributed by atoms with Gasteiger partial charge in [-0.1, -0.05) is 54.2 Å². The van der Waals surface area contributed by atoms with E-state index in [1.807, 2.05) is 76.2 Å². The van der Waals surface area contributed by atoms with Crippen LogP contribution in [-0.4, -0.2) is 15.5 Å². The lowest BCUT2D eigenvalue weighted by molar-refractivity contribution is -0.117. The second-order valence-electron chi connectivity index (χ2n) is 7.53. The third kappa shape index (κ3) is 3.79. The van der Waals surface area contributed by atoms with Gasteiger partial charge < -0.3 is 5.73 Å². The first-order valence-electron chi connectivity index (χ1n) is 9.90. The molecule has 5 nitrogen and oxygen atoms in total. The van der Waals surface area contributed by atoms with Crippen LogP contribution in [0.15, 0.2) is 58.5 Å². The van der Waals surface area contributed by atoms with Crippen molar-refractivity contribution >= 4 is 39.2 Å². The first kappa shape index (κ1) is 21.3. The molecular weight excluding hydrogens is 426 g/mol. The van der Waals surface area contributed by atoms with Crippen LogP contribution in [0.1, 0.15) is 32.4 Å². The fraction of sp³-hybridized carbons (Fsp3) is 0.208. The Morgan fingerprint density at radius 1 is 1.03 bits per heavy atom. The van der Waals surface area contributed by atoms with E-state index in [2.05, 4.69) is 0 Å². The van der Waals surface area contributed by atoms with Crippen molar-refractivity contribution in [3.63, 3.8) is 0 Å². The number of fused-ring (bicyclic) bond motifs is 1. The van der Waals surface area contributed by atoms with Gasteiger partial charge in [0.25, 0.3) is 5.56 Å². The fourth-order valence-corrected chi connectivity index (χ4v) is 5.70. The first-order chi connectivity index (χ1) is 14.8. The lowest BCUT2D eigenvalue weighted by Crippen LogP contribution is -2.25. The van der Waals surface area contributed by atoms with Crippen LogP contribution in [0, 0.1) is 27.7 Å². The Hall–Kier alpha value is -2.90. The fourth-order valence-electron chi connectivity index (χ4n) is 3.57. The number of thiophene rings is 1. The van der Waals surface area contributed by atoms with Crippen molar-refractivity contribution in [1.29, 1.82) is 0 Å². The zero-order chi connectivity index (χ0) is 22.3. The summed E-state index contributed by atoms with van der Waals surface area (Å²) in [6.07, 6.45) is 0. The van der Waals surface area contributed by atoms with Gasteiger partial charge in [-0.05, 0) is 56.0 Å². The van der Waals surface area contributed by atoms with E-state index in [0.717, 1.165) is 32.8 Å². The molecule has 4 rings (SSSR count). The molecule has 31 heavy (non-hydrogen) atoms. The number of thioether (sulfide) groups is 1. The Bertz CT molecular complexity index is 1360. The van der Waals surface area contributed by atoms with Crippen LogP contribution in [0.3, 0.4) is 0 Å². The number of rotatable bonds is 5. The average Bonchev–Trinajstić information content (AvgIpc) is 3.03. The van der Waals surface area contributed by atoms with Gasteiger partial charge in [-0.2, -0.15) is 0 Å². The molecule has 0 aliphatic rings. The molecule has 1 unspecified atom stereocenters. The number of hydrogen-bond donors (Lipinski definition) is 1. The normalized spacial score (nSPS) is 12.3. The largest absolute Gasteiger partial charge is 0.368 e. The molecular formula is C24H23N3O2S2. The molecule has 0 aliphatic carbocycles. The zero-order valence-electron chi connectivity index (χ0n) is 17.8. The van der Waals surface area contributed by atoms with E-state index < -0.39 is 11.2 Å². The van der Waals surface area contributed by atoms with Gasteiger partial charge in [0, 0.05) is 4.88 Å². The van der Waals surface area contributed by atoms with Crippen LogP contribution in [0.5, 0.6) is 0 Å². The molecule has 0 bridgehead atoms. The topological polar surface area (TPSA) is 78.0 Å². The number of aryl methyl sites for hydroxylation is 3. The highest BCUT2D eigenvalue weighted by Crippen LogP contribution is 2.37. The van der Waals surface area contributed by atoms with Crippen molar-refractivity contribution in [3.8, 4) is 5.69 Å². The number of nitrogens with zero attached hydrogens (tertiary/aromatic N) is 2. The van der Waals surface area contributed by atoms with Gasteiger partial charge in [-0.3, -0.25) is 14.2 Å². The summed E-state index contributed by atoms with van der Waals surface area (Å²) in [5.41, 5.74) is 10.2. The highest BCUT2D eigenvalue weighted by Gasteiger charge is 2.25. The minimum Gasteiger partial charge on any atom is -0.368 e. The molecule has 7 heteroatoms. The summed E-state index contributed by atoms with van der Waals surface area (Å²) in [5.74, 6) is -0.475. The molecule has 0 fully saturated rings. The summed E-state index contributed by atoms with van der Waals surface area (Å²) >= 11 is 2.71. The molecule has 0 spiro atoms. The number of nitrogens with two attached hydrogens (primary N) is 1. The molecule has 0 aliphatic heterocycles. The lowest BCUT2D eigenvalue weighted by Gasteiger charge is -2.19. The maximum atomic E-state index is 13.7. The van der Waals surface area contributed by atoms with Crippen molar-refractivity contribution in [2.45, 2.75) is 38.1 Å². The summed E-state index contributed by atoms with van der Waals surface area (Å²) in [4.78, 5) is 32.7. The quantitative estimate of drug-likeness (QED) is 0.344. The number of benzene rings is 2. The minimum atomic E-state index is -0.663. The standard InChI is InChI=1S/C24H23N3O2S2/c1-13-9-8-12-18(14(13)2)27-23(29)19-15(3)16(4)30-22(19)26-24(27)31-20(21(25)28)17-10-6-5-7-11-17/h5-12,20H,1-4H3,(H2,25,28). The lowest BCUT2D eigenvalue weighted by atomic mass is 10.1. The van der Waals surface area contributed by atoms with Crippen molar-refractivity contribution in [2.75, 3.05) is 0 Å². The predicted molar refractivity (Wildman–Crippen MR) is 128 cm³/mol. The molecule has 1 atom stereocenters. The van der Waals surface area contributed by atoms with Gasteiger partial charge >= 0.3 is 0 Å². The van der Waals surface area contributed by atoms with E-state index in [0.29, 0.717) is 15.4 Å². The number of carbonyl (C=O) groups excluding carboxylic acids is 1. The van der Waals surface area contributed by atoms with Crippen molar-refractivity contribution in [2.24, 2.45) is 5.73 Å². The van der Waals surface area contributed by atoms with Crippen LogP contribution >= 0.6 is 23.1 Å². The second-order valence-corrected chi connectivity index (χ2v) is 9.80. The van der Waals surface area contributed by atoms with Gasteiger partial charge in [0.2, 0.25) is 5.91 Å². The van der Waals surface area contributed by atoms with Crippen molar-refractivity contribution in [1.82, 2.24) is 9.55 Å². The summed E-state index contributed by atoms with van der Waals surface area (Å²) in [5, 5.41) is 0.423. The van der Waals surface area contributed by atoms with E-state index in [1.54, 1.807) is 4.57 Å². The maximum Gasteiger partial charge on any atom is 0.267 e. The van der Waals surface area contributed by atoms with E-state index >= 15 is 0 Å². The van der Waals surface area contributed by atoms with Crippen LogP contribution in [0.4, 0.5) is 0 Å². The smallest absolute Gasteiger partial charge is 0.267 e. The molecule has 2 N–H and O–H groups in total. The minimum absolute atomic E-state index is 0.126. The monoisotopic (exact) mass is 449 g/mol. The van der Waals surface area contributed by atoms with E-state index in [-0.39, 0.29) is 5.56 Å². The molecule has 0 saturated heterocycles. The van der Waals surface area contributed by atoms with Crippen LogP contribution in [-0.2, 0) is 4.79 Å². The van der Waals surface area contributed by atoms with E-state index in [4.69, 9.17) is 10.7 Å². The average molecular weight is 450 g/mol. The number of aromatic nitrogens is 2. The van der Waals surface area contributed by atoms with Gasteiger partial charge in [-0.15, -0.1) is 11.3 Å². The Morgan fingerprint density at radius 3 is 2.42 bits per heavy atom. The van der Waals surface area contributed by atoms with Gasteiger partial charge in [0.15, 0.2) is 5.16 Å². The van der Waals surface area contributed by atoms with Gasteiger partial charge in [0.1, 0.15) is 10.1 Å². The molecule has 158 valence electrons. The number of carbonyl (C=O) groups is 1. The third-order valence-electron chi connectivity index (χ3n) is 5.57. The number of amides is 1. The second kappa shape index (κ2) is 8.32. The Labute approximate surface area is 188 Å². The summed E-state index contributed by atoms with van der Waals surface area (Å²) in [6, 6.07) is 15.2. The van der Waals surface area contributed by atoms with Crippen molar-refractivity contribution in [3.05, 3.63) is 86.0 Å². The van der Waals surface area contributed by atoms with Crippen LogP contribution < -0.4 is 11.3 Å². The van der Waals surface area contributed by atoms with Gasteiger partial charge in [0.05, 0.1) is 11.1 Å². The summed E-state index contributed by atoms with van der Waals surface area (Å²) in [7, 11) is 0. The van der Waals surface area contributed by atoms with Gasteiger partial charge in [-0.25, -0.2) is 4.98 Å². The molecule has 2 aromatic carbocycles. The van der Waals surface area contributed by atoms with Crippen LogP contribution in [0.25, 0.3) is 15.9 Å². The molecule has 4 aromatic rings. The van der Waals surface area contributed by atoms with E-state index in [9.17, 15) is 9.59 Å². The molecule has 2 heterocycles. The first-order valence-corrected chi connectivity index (χ1v) is 11.6. The predicted octanol–water partition coefficient (Wildman–Crippen LogP) is 5.00. The molecule has 0 radical (unpaired) electrons. The maximum absolute atomic E-state index is 13.7. The molecule has 0 saturated carbocycles. The third-order valence-corrected chi connectivity index (χ3v) is 7.90. The van der Waals surface area contributed by atoms with Crippen molar-refractivity contribution < 1.29 is 4.79 Å². The SMILES string of the molecule is Cc1cccc(-n2c(SC(C(N)=O)c3ccccc3)nc3sc(C)c(C)c3c2=O)c1C. The molecule has 1 amide bonds. The highest BCUT2D eigenvalue weighted by molar-refractivity contribution is 8.00. The Balaban J connectivity index is 2.01. The Kier molecular flexibility index (Phi) is 5.73.